The van der Waals surface area contributed by atoms with Crippen molar-refractivity contribution in [3.05, 3.63) is 0 Å². The summed E-state index contributed by atoms with van der Waals surface area (Å²) in [5.41, 5.74) is 0. The molecule has 1 aliphatic heterocycles. The molecular weight excluding hydrogens is 212 g/mol. The van der Waals surface area contributed by atoms with Gasteiger partial charge in [-0.3, -0.25) is 4.79 Å². The lowest BCUT2D eigenvalue weighted by Crippen LogP contribution is -2.37. The molecule has 17 heavy (non-hydrogen) atoms. The van der Waals surface area contributed by atoms with Gasteiger partial charge in [-0.25, -0.2) is 0 Å². The van der Waals surface area contributed by atoms with E-state index in [0.717, 1.165) is 32.1 Å². The van der Waals surface area contributed by atoms with Crippen LogP contribution in [-0.4, -0.2) is 37.0 Å². The normalized spacial score (nSPS) is 16.5. The minimum atomic E-state index is 0.335. The molecule has 100 valence electrons. The fraction of sp³-hybridized carbons (Fsp3) is 0.929. The summed E-state index contributed by atoms with van der Waals surface area (Å²) in [4.78, 5) is 13.9. The molecular formula is C14H28N2O. The third kappa shape index (κ3) is 5.53. The van der Waals surface area contributed by atoms with Gasteiger partial charge in [-0.05, 0) is 31.7 Å². The predicted octanol–water partition coefficient (Wildman–Crippen LogP) is 2.41. The lowest BCUT2D eigenvalue weighted by Gasteiger charge is -2.26. The Hall–Kier alpha value is -0.570. The Balaban J connectivity index is 2.07. The third-order valence-electron chi connectivity index (χ3n) is 3.81. The van der Waals surface area contributed by atoms with Gasteiger partial charge in [0.05, 0.1) is 0 Å². The molecule has 3 heteroatoms. The Bertz CT molecular complexity index is 208. The van der Waals surface area contributed by atoms with E-state index in [1.165, 1.54) is 32.1 Å². The zero-order chi connectivity index (χ0) is 12.5. The number of likely N-dealkylation sites (tertiary alicyclic amines) is 1. The van der Waals surface area contributed by atoms with Crippen molar-refractivity contribution in [1.82, 2.24) is 10.2 Å². The molecule has 0 aromatic rings. The van der Waals surface area contributed by atoms with E-state index < -0.39 is 0 Å². The summed E-state index contributed by atoms with van der Waals surface area (Å²) >= 11 is 0. The van der Waals surface area contributed by atoms with Crippen molar-refractivity contribution < 1.29 is 4.79 Å². The number of hydrogen-bond acceptors (Lipinski definition) is 2. The first kappa shape index (κ1) is 14.5. The van der Waals surface area contributed by atoms with Crippen LogP contribution in [0.3, 0.4) is 0 Å². The summed E-state index contributed by atoms with van der Waals surface area (Å²) in [7, 11) is 0. The Morgan fingerprint density at radius 3 is 2.41 bits per heavy atom. The van der Waals surface area contributed by atoms with Gasteiger partial charge in [-0.15, -0.1) is 0 Å². The molecule has 1 aliphatic rings. The van der Waals surface area contributed by atoms with Gasteiger partial charge in [0.1, 0.15) is 0 Å². The molecule has 1 amide bonds. The molecule has 0 aliphatic carbocycles. The Labute approximate surface area is 106 Å². The van der Waals surface area contributed by atoms with E-state index in [9.17, 15) is 4.79 Å². The highest BCUT2D eigenvalue weighted by Gasteiger charge is 2.15. The highest BCUT2D eigenvalue weighted by atomic mass is 16.2. The summed E-state index contributed by atoms with van der Waals surface area (Å²) in [5, 5.41) is 3.41. The second-order valence-corrected chi connectivity index (χ2v) is 5.08. The van der Waals surface area contributed by atoms with Crippen LogP contribution >= 0.6 is 0 Å². The SMILES string of the molecule is CCC(CC)CNCCC(=O)N1CCCCC1. The molecule has 0 radical (unpaired) electrons. The van der Waals surface area contributed by atoms with E-state index in [4.69, 9.17) is 0 Å². The van der Waals surface area contributed by atoms with E-state index in [-0.39, 0.29) is 0 Å². The Morgan fingerprint density at radius 1 is 1.18 bits per heavy atom. The van der Waals surface area contributed by atoms with E-state index >= 15 is 0 Å². The van der Waals surface area contributed by atoms with Crippen molar-refractivity contribution >= 4 is 5.91 Å². The number of amides is 1. The van der Waals surface area contributed by atoms with Gasteiger partial charge in [-0.2, -0.15) is 0 Å². The lowest BCUT2D eigenvalue weighted by molar-refractivity contribution is -0.131. The van der Waals surface area contributed by atoms with Crippen molar-refractivity contribution in [2.45, 2.75) is 52.4 Å². The molecule has 1 saturated heterocycles. The molecule has 0 spiro atoms. The number of rotatable bonds is 7. The Morgan fingerprint density at radius 2 is 1.82 bits per heavy atom. The first-order valence-corrected chi connectivity index (χ1v) is 7.26. The minimum absolute atomic E-state index is 0.335. The zero-order valence-electron chi connectivity index (χ0n) is 11.5. The second-order valence-electron chi connectivity index (χ2n) is 5.08. The van der Waals surface area contributed by atoms with E-state index in [2.05, 4.69) is 19.2 Å². The van der Waals surface area contributed by atoms with E-state index in [1.54, 1.807) is 0 Å². The van der Waals surface area contributed by atoms with Gasteiger partial charge in [0.2, 0.25) is 5.91 Å². The molecule has 1 N–H and O–H groups in total. The quantitative estimate of drug-likeness (QED) is 0.693. The molecule has 0 saturated carbocycles. The fourth-order valence-electron chi connectivity index (χ4n) is 2.38. The number of piperidine rings is 1. The van der Waals surface area contributed by atoms with Crippen LogP contribution in [0.1, 0.15) is 52.4 Å². The molecule has 1 fully saturated rings. The summed E-state index contributed by atoms with van der Waals surface area (Å²) in [6.07, 6.45) is 6.78. The van der Waals surface area contributed by atoms with Crippen LogP contribution in [0, 0.1) is 5.92 Å². The van der Waals surface area contributed by atoms with Crippen molar-refractivity contribution in [3.63, 3.8) is 0 Å². The summed E-state index contributed by atoms with van der Waals surface area (Å²) in [6, 6.07) is 0. The van der Waals surface area contributed by atoms with Crippen LogP contribution in [-0.2, 0) is 4.79 Å². The summed E-state index contributed by atoms with van der Waals surface area (Å²) < 4.78 is 0. The molecule has 0 atom stereocenters. The maximum Gasteiger partial charge on any atom is 0.223 e. The molecule has 0 aromatic heterocycles. The van der Waals surface area contributed by atoms with Crippen molar-refractivity contribution in [3.8, 4) is 0 Å². The van der Waals surface area contributed by atoms with Crippen LogP contribution in [0.25, 0.3) is 0 Å². The molecule has 0 bridgehead atoms. The number of hydrogen-bond donors (Lipinski definition) is 1. The van der Waals surface area contributed by atoms with Crippen molar-refractivity contribution in [2.24, 2.45) is 5.92 Å². The molecule has 3 nitrogen and oxygen atoms in total. The standard InChI is InChI=1S/C14H28N2O/c1-3-13(4-2)12-15-9-8-14(17)16-10-6-5-7-11-16/h13,15H,3-12H2,1-2H3. The van der Waals surface area contributed by atoms with Crippen LogP contribution in [0.15, 0.2) is 0 Å². The van der Waals surface area contributed by atoms with Gasteiger partial charge in [0.15, 0.2) is 0 Å². The van der Waals surface area contributed by atoms with E-state index in [0.29, 0.717) is 12.3 Å². The molecule has 1 rings (SSSR count). The second kappa shape index (κ2) is 8.51. The summed E-state index contributed by atoms with van der Waals surface area (Å²) in [6.45, 7) is 8.31. The molecule has 0 aromatic carbocycles. The summed E-state index contributed by atoms with van der Waals surface area (Å²) in [5.74, 6) is 1.10. The maximum atomic E-state index is 11.9. The maximum absolute atomic E-state index is 11.9. The van der Waals surface area contributed by atoms with Crippen LogP contribution in [0.2, 0.25) is 0 Å². The van der Waals surface area contributed by atoms with E-state index in [1.807, 2.05) is 4.90 Å². The monoisotopic (exact) mass is 240 g/mol. The largest absolute Gasteiger partial charge is 0.343 e. The smallest absolute Gasteiger partial charge is 0.223 e. The number of carbonyl (C=O) groups is 1. The Kier molecular flexibility index (Phi) is 7.25. The first-order chi connectivity index (χ1) is 8.27. The van der Waals surface area contributed by atoms with Gasteiger partial charge < -0.3 is 10.2 Å². The van der Waals surface area contributed by atoms with Gasteiger partial charge in [0.25, 0.3) is 0 Å². The third-order valence-corrected chi connectivity index (χ3v) is 3.81. The number of nitrogens with zero attached hydrogens (tertiary/aromatic N) is 1. The number of carbonyl (C=O) groups excluding carboxylic acids is 1. The van der Waals surface area contributed by atoms with Gasteiger partial charge in [-0.1, -0.05) is 26.7 Å². The fourth-order valence-corrected chi connectivity index (χ4v) is 2.38. The predicted molar refractivity (Wildman–Crippen MR) is 72.0 cm³/mol. The van der Waals surface area contributed by atoms with Crippen molar-refractivity contribution in [1.29, 1.82) is 0 Å². The average Bonchev–Trinajstić information content (AvgIpc) is 2.40. The van der Waals surface area contributed by atoms with Crippen molar-refractivity contribution in [2.75, 3.05) is 26.2 Å². The van der Waals surface area contributed by atoms with Gasteiger partial charge >= 0.3 is 0 Å². The first-order valence-electron chi connectivity index (χ1n) is 7.26. The number of nitrogens with one attached hydrogen (secondary N) is 1. The molecule has 1 heterocycles. The minimum Gasteiger partial charge on any atom is -0.343 e. The van der Waals surface area contributed by atoms with Crippen LogP contribution < -0.4 is 5.32 Å². The van der Waals surface area contributed by atoms with Crippen LogP contribution in [0.5, 0.6) is 0 Å². The van der Waals surface area contributed by atoms with Gasteiger partial charge in [0, 0.05) is 26.1 Å². The average molecular weight is 240 g/mol. The van der Waals surface area contributed by atoms with Crippen LogP contribution in [0.4, 0.5) is 0 Å². The topological polar surface area (TPSA) is 32.3 Å². The highest BCUT2D eigenvalue weighted by molar-refractivity contribution is 5.76. The molecule has 0 unspecified atom stereocenters. The lowest BCUT2D eigenvalue weighted by atomic mass is 10.0. The highest BCUT2D eigenvalue weighted by Crippen LogP contribution is 2.09. The zero-order valence-corrected chi connectivity index (χ0v) is 11.5.